The van der Waals surface area contributed by atoms with E-state index in [0.717, 1.165) is 4.31 Å². The van der Waals surface area contributed by atoms with Crippen molar-refractivity contribution >= 4 is 37.6 Å². The minimum atomic E-state index is -3.80. The Balaban J connectivity index is 2.43. The van der Waals surface area contributed by atoms with Gasteiger partial charge in [0.1, 0.15) is 17.0 Å². The Labute approximate surface area is 135 Å². The number of nitrogens with zero attached hydrogens (tertiary/aromatic N) is 3. The summed E-state index contributed by atoms with van der Waals surface area (Å²) in [5.41, 5.74) is 0. The molecule has 0 aliphatic carbocycles. The number of aromatic nitrogens is 3. The molecule has 7 nitrogen and oxygen atoms in total. The number of sulfonamides is 1. The highest BCUT2D eigenvalue weighted by Gasteiger charge is 2.27. The third-order valence-corrected chi connectivity index (χ3v) is 5.32. The maximum absolute atomic E-state index is 12.6. The van der Waals surface area contributed by atoms with E-state index in [0.29, 0.717) is 10.3 Å². The fourth-order valence-corrected chi connectivity index (χ4v) is 4.20. The molecule has 10 heteroatoms. The van der Waals surface area contributed by atoms with Crippen LogP contribution in [-0.4, -0.2) is 42.1 Å². The van der Waals surface area contributed by atoms with Crippen molar-refractivity contribution in [3.8, 4) is 5.75 Å². The lowest BCUT2D eigenvalue weighted by atomic mass is 10.3. The van der Waals surface area contributed by atoms with Crippen LogP contribution in [0, 0.1) is 0 Å². The van der Waals surface area contributed by atoms with Crippen molar-refractivity contribution in [2.24, 2.45) is 0 Å². The van der Waals surface area contributed by atoms with Gasteiger partial charge in [-0.15, -0.1) is 0 Å². The number of hydrogen-bond acceptors (Lipinski definition) is 5. The van der Waals surface area contributed by atoms with Crippen molar-refractivity contribution < 1.29 is 13.2 Å². The normalized spacial score (nSPS) is 11.9. The number of methoxy groups -OCH3 is 1. The summed E-state index contributed by atoms with van der Waals surface area (Å²) < 4.78 is 32.0. The number of aromatic amines is 1. The van der Waals surface area contributed by atoms with E-state index >= 15 is 0 Å². The summed E-state index contributed by atoms with van der Waals surface area (Å²) in [6, 6.07) is 2.91. The van der Waals surface area contributed by atoms with Gasteiger partial charge in [-0.25, -0.2) is 13.4 Å². The quantitative estimate of drug-likeness (QED) is 0.837. The van der Waals surface area contributed by atoms with Gasteiger partial charge in [0.2, 0.25) is 10.0 Å². The summed E-state index contributed by atoms with van der Waals surface area (Å²) in [6.07, 6.45) is 1.31. The third kappa shape index (κ3) is 3.37. The molecule has 1 N–H and O–H groups in total. The van der Waals surface area contributed by atoms with E-state index in [-0.39, 0.29) is 22.2 Å². The first-order valence-electron chi connectivity index (χ1n) is 5.70. The van der Waals surface area contributed by atoms with Gasteiger partial charge in [-0.05, 0) is 28.1 Å². The molecule has 1 heterocycles. The fraction of sp³-hybridized carbons (Fsp3) is 0.273. The Morgan fingerprint density at radius 3 is 2.76 bits per heavy atom. The van der Waals surface area contributed by atoms with E-state index < -0.39 is 10.0 Å². The van der Waals surface area contributed by atoms with Crippen LogP contribution >= 0.6 is 27.5 Å². The Bertz CT molecular complexity index is 736. The molecule has 0 spiro atoms. The first-order valence-corrected chi connectivity index (χ1v) is 8.31. The summed E-state index contributed by atoms with van der Waals surface area (Å²) in [7, 11) is -0.968. The molecule has 0 fully saturated rings. The number of benzene rings is 1. The molecule has 1 aromatic carbocycles. The monoisotopic (exact) mass is 394 g/mol. The summed E-state index contributed by atoms with van der Waals surface area (Å²) in [5, 5.41) is 6.58. The molecule has 21 heavy (non-hydrogen) atoms. The topological polar surface area (TPSA) is 88.2 Å². The lowest BCUT2D eigenvalue weighted by Gasteiger charge is -2.18. The first kappa shape index (κ1) is 16.2. The molecule has 0 unspecified atom stereocenters. The van der Waals surface area contributed by atoms with Crippen LogP contribution in [0.1, 0.15) is 5.82 Å². The zero-order valence-corrected chi connectivity index (χ0v) is 14.3. The van der Waals surface area contributed by atoms with Crippen LogP contribution in [0.15, 0.2) is 27.8 Å². The third-order valence-electron chi connectivity index (χ3n) is 2.70. The van der Waals surface area contributed by atoms with Crippen molar-refractivity contribution in [2.75, 3.05) is 14.2 Å². The second-order valence-electron chi connectivity index (χ2n) is 4.11. The van der Waals surface area contributed by atoms with Gasteiger partial charge in [-0.3, -0.25) is 5.10 Å². The second-order valence-corrected chi connectivity index (χ2v) is 7.42. The Hall–Kier alpha value is -1.16. The minimum absolute atomic E-state index is 0.0219. The SMILES string of the molecule is COc1c(Br)cc(Cl)cc1S(=O)(=O)N(C)Cc1ncn[nH]1. The second kappa shape index (κ2) is 6.30. The van der Waals surface area contributed by atoms with Gasteiger partial charge in [-0.1, -0.05) is 11.6 Å². The van der Waals surface area contributed by atoms with E-state index in [2.05, 4.69) is 31.1 Å². The van der Waals surface area contributed by atoms with Gasteiger partial charge >= 0.3 is 0 Å². The molecular weight excluding hydrogens is 384 g/mol. The van der Waals surface area contributed by atoms with E-state index in [9.17, 15) is 8.42 Å². The molecule has 0 aliphatic heterocycles. The van der Waals surface area contributed by atoms with Gasteiger partial charge in [0.25, 0.3) is 0 Å². The van der Waals surface area contributed by atoms with Crippen LogP contribution in [0.5, 0.6) is 5.75 Å². The molecule has 114 valence electrons. The molecular formula is C11H12BrClN4O3S. The zero-order valence-electron chi connectivity index (χ0n) is 11.2. The van der Waals surface area contributed by atoms with Crippen LogP contribution in [0.2, 0.25) is 5.02 Å². The molecule has 0 radical (unpaired) electrons. The van der Waals surface area contributed by atoms with Crippen LogP contribution in [0.25, 0.3) is 0 Å². The Morgan fingerprint density at radius 2 is 2.19 bits per heavy atom. The van der Waals surface area contributed by atoms with Gasteiger partial charge in [0.15, 0.2) is 5.75 Å². The summed E-state index contributed by atoms with van der Waals surface area (Å²) >= 11 is 9.17. The van der Waals surface area contributed by atoms with E-state index in [1.807, 2.05) is 0 Å². The largest absolute Gasteiger partial charge is 0.494 e. The summed E-state index contributed by atoms with van der Waals surface area (Å²) in [6.45, 7) is 0.0512. The summed E-state index contributed by atoms with van der Waals surface area (Å²) in [5.74, 6) is 0.630. The van der Waals surface area contributed by atoms with Crippen molar-refractivity contribution in [2.45, 2.75) is 11.4 Å². The Morgan fingerprint density at radius 1 is 1.48 bits per heavy atom. The number of nitrogens with one attached hydrogen (secondary N) is 1. The van der Waals surface area contributed by atoms with Crippen LogP contribution in [0.3, 0.4) is 0 Å². The number of ether oxygens (including phenoxy) is 1. The first-order chi connectivity index (χ1) is 9.86. The average molecular weight is 396 g/mol. The molecule has 0 atom stereocenters. The van der Waals surface area contributed by atoms with Gasteiger partial charge in [0.05, 0.1) is 18.1 Å². The van der Waals surface area contributed by atoms with Gasteiger partial charge < -0.3 is 4.74 Å². The zero-order chi connectivity index (χ0) is 15.6. The highest BCUT2D eigenvalue weighted by molar-refractivity contribution is 9.10. The van der Waals surface area contributed by atoms with Crippen molar-refractivity contribution in [1.29, 1.82) is 0 Å². The van der Waals surface area contributed by atoms with Crippen molar-refractivity contribution in [3.05, 3.63) is 33.8 Å². The molecule has 1 aromatic heterocycles. The lowest BCUT2D eigenvalue weighted by Crippen LogP contribution is -2.27. The number of H-pyrrole nitrogens is 1. The number of halogens is 2. The Kier molecular flexibility index (Phi) is 4.87. The average Bonchev–Trinajstić information content (AvgIpc) is 2.90. The molecule has 2 rings (SSSR count). The lowest BCUT2D eigenvalue weighted by molar-refractivity contribution is 0.394. The maximum atomic E-state index is 12.6. The molecule has 2 aromatic rings. The predicted octanol–water partition coefficient (Wildman–Crippen LogP) is 2.05. The smallest absolute Gasteiger partial charge is 0.247 e. The molecule has 0 saturated carbocycles. The minimum Gasteiger partial charge on any atom is -0.494 e. The van der Waals surface area contributed by atoms with Crippen molar-refractivity contribution in [1.82, 2.24) is 19.5 Å². The summed E-state index contributed by atoms with van der Waals surface area (Å²) in [4.78, 5) is 3.88. The maximum Gasteiger partial charge on any atom is 0.247 e. The van der Waals surface area contributed by atoms with E-state index in [1.165, 1.54) is 26.6 Å². The molecule has 0 saturated heterocycles. The molecule has 0 amide bonds. The molecule has 0 bridgehead atoms. The van der Waals surface area contributed by atoms with Gasteiger partial charge in [-0.2, -0.15) is 9.40 Å². The highest BCUT2D eigenvalue weighted by Crippen LogP contribution is 2.36. The highest BCUT2D eigenvalue weighted by atomic mass is 79.9. The fourth-order valence-electron chi connectivity index (χ4n) is 1.70. The standard InChI is InChI=1S/C11H12BrClN4O3S/c1-17(5-10-14-6-15-16-10)21(18,19)9-4-7(13)3-8(12)11(9)20-2/h3-4,6H,5H2,1-2H3,(H,14,15,16). The van der Waals surface area contributed by atoms with Crippen molar-refractivity contribution in [3.63, 3.8) is 0 Å². The van der Waals surface area contributed by atoms with Crippen LogP contribution in [-0.2, 0) is 16.6 Å². The van der Waals surface area contributed by atoms with Crippen LogP contribution in [0.4, 0.5) is 0 Å². The predicted molar refractivity (Wildman–Crippen MR) is 80.7 cm³/mol. The van der Waals surface area contributed by atoms with Crippen LogP contribution < -0.4 is 4.74 Å². The number of rotatable bonds is 5. The van der Waals surface area contributed by atoms with Gasteiger partial charge in [0, 0.05) is 12.1 Å². The van der Waals surface area contributed by atoms with E-state index in [1.54, 1.807) is 6.07 Å². The van der Waals surface area contributed by atoms with E-state index in [4.69, 9.17) is 16.3 Å². The number of hydrogen-bond donors (Lipinski definition) is 1. The molecule has 0 aliphatic rings.